The fourth-order valence-corrected chi connectivity index (χ4v) is 9.88. The SMILES string of the molecule is CC(C)=CCCC(COS(=O)(=O)O)C1CCC2C3CC=C4C(O)C(OS(=O)(=O)O)C(O)CC4(C)C3CCC12C. The highest BCUT2D eigenvalue weighted by Gasteiger charge is 2.62. The fraction of sp³-hybridized carbons (Fsp3) is 0.852. The molecular formula is C27H44O10S2. The molecule has 10 atom stereocenters. The van der Waals surface area contributed by atoms with Gasteiger partial charge in [-0.3, -0.25) is 9.11 Å². The maximum Gasteiger partial charge on any atom is 0.397 e. The van der Waals surface area contributed by atoms with Crippen molar-refractivity contribution in [1.82, 2.24) is 0 Å². The normalized spacial score (nSPS) is 41.1. The molecule has 10 nitrogen and oxygen atoms in total. The van der Waals surface area contributed by atoms with E-state index in [1.165, 1.54) is 5.57 Å². The molecule has 39 heavy (non-hydrogen) atoms. The van der Waals surface area contributed by atoms with Crippen LogP contribution in [-0.4, -0.2) is 61.1 Å². The van der Waals surface area contributed by atoms with E-state index in [2.05, 4.69) is 17.2 Å². The molecule has 0 bridgehead atoms. The van der Waals surface area contributed by atoms with Crippen LogP contribution >= 0.6 is 0 Å². The molecule has 0 aromatic rings. The van der Waals surface area contributed by atoms with E-state index in [-0.39, 0.29) is 36.2 Å². The third-order valence-electron chi connectivity index (χ3n) is 10.6. The van der Waals surface area contributed by atoms with Gasteiger partial charge < -0.3 is 10.2 Å². The number of aliphatic hydroxyl groups excluding tert-OH is 2. The lowest BCUT2D eigenvalue weighted by atomic mass is 9.46. The topological polar surface area (TPSA) is 168 Å². The van der Waals surface area contributed by atoms with Crippen molar-refractivity contribution in [2.75, 3.05) is 6.61 Å². The van der Waals surface area contributed by atoms with E-state index in [4.69, 9.17) is 8.74 Å². The van der Waals surface area contributed by atoms with Crippen LogP contribution in [0.1, 0.15) is 79.1 Å². The summed E-state index contributed by atoms with van der Waals surface area (Å²) in [4.78, 5) is 0. The Labute approximate surface area is 232 Å². The summed E-state index contributed by atoms with van der Waals surface area (Å²) >= 11 is 0. The summed E-state index contributed by atoms with van der Waals surface area (Å²) in [6.45, 7) is 8.34. The number of fused-ring (bicyclic) bond motifs is 5. The standard InChI is InChI=1S/C27H44O10S2/c1-16(2)6-5-7-17(15-36-38(30,31)32)19-10-11-20-18-8-9-22-24(29)25(37-39(33,34)35)23(28)14-27(22,4)21(18)12-13-26(19,20)3/h6,9,17-21,23-25,28-29H,5,7-8,10-15H2,1-4H3,(H,30,31,32)(H,33,34,35). The number of rotatable bonds is 9. The van der Waals surface area contributed by atoms with Gasteiger partial charge in [0.1, 0.15) is 12.2 Å². The van der Waals surface area contributed by atoms with Crippen LogP contribution in [0.3, 0.4) is 0 Å². The van der Waals surface area contributed by atoms with Gasteiger partial charge in [-0.25, -0.2) is 8.37 Å². The molecule has 0 aliphatic heterocycles. The second-order valence-corrected chi connectivity index (χ2v) is 15.1. The molecule has 0 aromatic heterocycles. The van der Waals surface area contributed by atoms with E-state index in [1.54, 1.807) is 0 Å². The van der Waals surface area contributed by atoms with E-state index in [9.17, 15) is 31.6 Å². The highest BCUT2D eigenvalue weighted by Crippen LogP contribution is 2.67. The summed E-state index contributed by atoms with van der Waals surface area (Å²) in [5, 5.41) is 21.9. The summed E-state index contributed by atoms with van der Waals surface area (Å²) in [7, 11) is -9.39. The molecule has 0 aromatic carbocycles. The maximum absolute atomic E-state index is 11.4. The Hall–Kier alpha value is -0.860. The van der Waals surface area contributed by atoms with Crippen molar-refractivity contribution in [3.63, 3.8) is 0 Å². The first-order chi connectivity index (χ1) is 18.0. The molecule has 4 rings (SSSR count). The van der Waals surface area contributed by atoms with Crippen molar-refractivity contribution in [3.05, 3.63) is 23.3 Å². The van der Waals surface area contributed by atoms with Crippen LogP contribution in [0, 0.1) is 40.4 Å². The van der Waals surface area contributed by atoms with Crippen LogP contribution in [0.25, 0.3) is 0 Å². The number of hydrogen-bond acceptors (Lipinski definition) is 8. The second kappa shape index (κ2) is 11.1. The Kier molecular flexibility index (Phi) is 8.84. The molecule has 4 N–H and O–H groups in total. The summed E-state index contributed by atoms with van der Waals surface area (Å²) in [6.07, 6.45) is 6.21. The van der Waals surface area contributed by atoms with Gasteiger partial charge in [-0.2, -0.15) is 16.8 Å². The lowest BCUT2D eigenvalue weighted by Crippen LogP contribution is -2.58. The van der Waals surface area contributed by atoms with Gasteiger partial charge in [-0.05, 0) is 111 Å². The Morgan fingerprint density at radius 1 is 1.08 bits per heavy atom. The zero-order valence-electron chi connectivity index (χ0n) is 23.2. The first kappa shape index (κ1) is 31.1. The molecule has 0 saturated heterocycles. The van der Waals surface area contributed by atoms with Gasteiger partial charge in [0.05, 0.1) is 12.7 Å². The molecule has 12 heteroatoms. The fourth-order valence-electron chi connectivity index (χ4n) is 9.02. The molecule has 4 aliphatic rings. The van der Waals surface area contributed by atoms with Crippen LogP contribution < -0.4 is 0 Å². The lowest BCUT2D eigenvalue weighted by molar-refractivity contribution is -0.119. The average Bonchev–Trinajstić information content (AvgIpc) is 3.14. The molecule has 0 spiro atoms. The number of hydrogen-bond donors (Lipinski definition) is 4. The maximum atomic E-state index is 11.4. The van der Waals surface area contributed by atoms with Crippen LogP contribution in [0.4, 0.5) is 0 Å². The lowest BCUT2D eigenvalue weighted by Gasteiger charge is -2.59. The zero-order chi connectivity index (χ0) is 29.0. The Morgan fingerprint density at radius 2 is 1.77 bits per heavy atom. The third-order valence-corrected chi connectivity index (χ3v) is 11.5. The molecule has 3 fully saturated rings. The Bertz CT molecular complexity index is 1190. The van der Waals surface area contributed by atoms with Crippen LogP contribution in [0.15, 0.2) is 23.3 Å². The minimum absolute atomic E-state index is 0.0315. The monoisotopic (exact) mass is 592 g/mol. The predicted octanol–water partition coefficient (Wildman–Crippen LogP) is 3.88. The molecule has 0 radical (unpaired) electrons. The van der Waals surface area contributed by atoms with Crippen molar-refractivity contribution in [3.8, 4) is 0 Å². The van der Waals surface area contributed by atoms with Crippen LogP contribution in [-0.2, 0) is 29.2 Å². The van der Waals surface area contributed by atoms with Gasteiger partial charge in [-0.1, -0.05) is 31.6 Å². The molecule has 0 amide bonds. The Morgan fingerprint density at radius 3 is 2.38 bits per heavy atom. The highest BCUT2D eigenvalue weighted by atomic mass is 32.3. The summed E-state index contributed by atoms with van der Waals surface area (Å²) in [5.41, 5.74) is 1.27. The summed E-state index contributed by atoms with van der Waals surface area (Å²) in [6, 6.07) is 0. The van der Waals surface area contributed by atoms with E-state index in [0.717, 1.165) is 38.5 Å². The van der Waals surface area contributed by atoms with Gasteiger partial charge in [-0.15, -0.1) is 0 Å². The van der Waals surface area contributed by atoms with Crippen molar-refractivity contribution in [2.45, 2.75) is 97.4 Å². The van der Waals surface area contributed by atoms with E-state index in [0.29, 0.717) is 23.8 Å². The summed E-state index contributed by atoms with van der Waals surface area (Å²) < 4.78 is 73.5. The van der Waals surface area contributed by atoms with Gasteiger partial charge in [0.15, 0.2) is 0 Å². The smallest absolute Gasteiger partial charge is 0.390 e. The highest BCUT2D eigenvalue weighted by molar-refractivity contribution is 7.81. The van der Waals surface area contributed by atoms with E-state index < -0.39 is 44.5 Å². The molecular weight excluding hydrogens is 548 g/mol. The number of aliphatic hydroxyl groups is 2. The largest absolute Gasteiger partial charge is 0.397 e. The molecule has 224 valence electrons. The molecule has 10 unspecified atom stereocenters. The van der Waals surface area contributed by atoms with Crippen molar-refractivity contribution < 1.29 is 44.5 Å². The molecule has 4 aliphatic carbocycles. The summed E-state index contributed by atoms with van der Waals surface area (Å²) in [5.74, 6) is 1.01. The van der Waals surface area contributed by atoms with Crippen molar-refractivity contribution in [2.24, 2.45) is 40.4 Å². The minimum atomic E-state index is -4.84. The van der Waals surface area contributed by atoms with E-state index in [1.807, 2.05) is 26.8 Å². The first-order valence-electron chi connectivity index (χ1n) is 13.9. The van der Waals surface area contributed by atoms with Crippen LogP contribution in [0.5, 0.6) is 0 Å². The Balaban J connectivity index is 1.58. The van der Waals surface area contributed by atoms with E-state index >= 15 is 0 Å². The van der Waals surface area contributed by atoms with Crippen molar-refractivity contribution in [1.29, 1.82) is 0 Å². The minimum Gasteiger partial charge on any atom is -0.390 e. The van der Waals surface area contributed by atoms with Gasteiger partial charge in [0, 0.05) is 0 Å². The van der Waals surface area contributed by atoms with Crippen molar-refractivity contribution >= 4 is 20.8 Å². The third kappa shape index (κ3) is 6.33. The average molecular weight is 593 g/mol. The zero-order valence-corrected chi connectivity index (χ0v) is 24.8. The van der Waals surface area contributed by atoms with Crippen LogP contribution in [0.2, 0.25) is 0 Å². The predicted molar refractivity (Wildman–Crippen MR) is 144 cm³/mol. The van der Waals surface area contributed by atoms with Gasteiger partial charge >= 0.3 is 20.8 Å². The first-order valence-corrected chi connectivity index (χ1v) is 16.7. The van der Waals surface area contributed by atoms with Gasteiger partial charge in [0.2, 0.25) is 0 Å². The number of allylic oxidation sites excluding steroid dienone is 3. The quantitative estimate of drug-likeness (QED) is 0.228. The molecule has 3 saturated carbocycles. The second-order valence-electron chi connectivity index (χ2n) is 13.0. The molecule has 0 heterocycles. The van der Waals surface area contributed by atoms with Gasteiger partial charge in [0.25, 0.3) is 0 Å².